The molecule has 0 amide bonds. The second-order valence-corrected chi connectivity index (χ2v) is 7.31. The Labute approximate surface area is 172 Å². The zero-order valence-corrected chi connectivity index (χ0v) is 16.8. The highest BCUT2D eigenvalue weighted by Gasteiger charge is 2.09. The van der Waals surface area contributed by atoms with Crippen molar-refractivity contribution in [2.45, 2.75) is 26.4 Å². The lowest BCUT2D eigenvalue weighted by atomic mass is 10.1. The number of benzene rings is 2. The van der Waals surface area contributed by atoms with Gasteiger partial charge in [0.05, 0.1) is 0 Å². The maximum absolute atomic E-state index is 4.31. The fourth-order valence-electron chi connectivity index (χ4n) is 3.56. The summed E-state index contributed by atoms with van der Waals surface area (Å²) >= 11 is 0. The molecule has 0 fully saturated rings. The van der Waals surface area contributed by atoms with Crippen LogP contribution in [0.3, 0.4) is 0 Å². The molecule has 4 nitrogen and oxygen atoms in total. The largest absolute Gasteiger partial charge is 0.304 e. The van der Waals surface area contributed by atoms with Crippen molar-refractivity contribution in [3.63, 3.8) is 0 Å². The Kier molecular flexibility index (Phi) is 6.13. The summed E-state index contributed by atoms with van der Waals surface area (Å²) in [5.74, 6) is 1.000. The van der Waals surface area contributed by atoms with Gasteiger partial charge in [-0.1, -0.05) is 42.5 Å². The van der Waals surface area contributed by atoms with Crippen LogP contribution < -0.4 is 0 Å². The summed E-state index contributed by atoms with van der Waals surface area (Å²) in [6.07, 6.45) is 8.61. The van der Waals surface area contributed by atoms with Gasteiger partial charge in [0.2, 0.25) is 0 Å². The Morgan fingerprint density at radius 2 is 1.45 bits per heavy atom. The first-order chi connectivity index (χ1) is 14.3. The number of aromatic nitrogens is 3. The number of rotatable bonds is 8. The summed E-state index contributed by atoms with van der Waals surface area (Å²) in [4.78, 5) is 11.0. The van der Waals surface area contributed by atoms with Crippen LogP contribution in [-0.4, -0.2) is 26.0 Å². The highest BCUT2D eigenvalue weighted by Crippen LogP contribution is 2.15. The Bertz CT molecular complexity index is 1010. The van der Waals surface area contributed by atoms with Gasteiger partial charge in [0.1, 0.15) is 5.82 Å². The van der Waals surface area contributed by atoms with Gasteiger partial charge < -0.3 is 4.57 Å². The molecule has 4 heteroatoms. The standard InChI is InChI=1S/C25H26N4/c1-21-27-16-18-29(21)25-9-7-23(8-10-25)19-28(20-24-11-14-26-15-12-24)17-13-22-5-3-2-4-6-22/h2-12,14-16,18H,13,17,19-20H2,1H3. The summed E-state index contributed by atoms with van der Waals surface area (Å²) < 4.78 is 2.11. The lowest BCUT2D eigenvalue weighted by Crippen LogP contribution is -2.25. The Morgan fingerprint density at radius 1 is 0.759 bits per heavy atom. The van der Waals surface area contributed by atoms with Crippen LogP contribution in [0.4, 0.5) is 0 Å². The minimum atomic E-state index is 0.914. The molecule has 0 spiro atoms. The molecule has 4 rings (SSSR count). The van der Waals surface area contributed by atoms with Crippen molar-refractivity contribution >= 4 is 0 Å². The van der Waals surface area contributed by atoms with Gasteiger partial charge in [-0.2, -0.15) is 0 Å². The molecule has 0 N–H and O–H groups in total. The van der Waals surface area contributed by atoms with Crippen molar-refractivity contribution in [2.24, 2.45) is 0 Å². The van der Waals surface area contributed by atoms with Crippen LogP contribution in [-0.2, 0) is 19.5 Å². The number of aryl methyl sites for hydroxylation is 1. The predicted octanol–water partition coefficient (Wildman–Crippen LogP) is 4.82. The van der Waals surface area contributed by atoms with Gasteiger partial charge in [-0.25, -0.2) is 4.98 Å². The molecule has 2 heterocycles. The molecule has 0 radical (unpaired) electrons. The SMILES string of the molecule is Cc1nccn1-c1ccc(CN(CCc2ccccc2)Cc2ccncc2)cc1. The second-order valence-electron chi connectivity index (χ2n) is 7.31. The topological polar surface area (TPSA) is 34.0 Å². The summed E-state index contributed by atoms with van der Waals surface area (Å²) in [6.45, 7) is 4.86. The van der Waals surface area contributed by atoms with Crippen LogP contribution in [0.2, 0.25) is 0 Å². The highest BCUT2D eigenvalue weighted by atomic mass is 15.1. The van der Waals surface area contributed by atoms with E-state index in [0.717, 1.165) is 37.6 Å². The van der Waals surface area contributed by atoms with Gasteiger partial charge in [-0.3, -0.25) is 9.88 Å². The van der Waals surface area contributed by atoms with Crippen LogP contribution in [0.25, 0.3) is 5.69 Å². The summed E-state index contributed by atoms with van der Waals surface area (Å²) in [5.41, 5.74) is 5.12. The molecule has 0 aliphatic carbocycles. The fourth-order valence-corrected chi connectivity index (χ4v) is 3.56. The Hall–Kier alpha value is -3.24. The Balaban J connectivity index is 1.47. The summed E-state index contributed by atoms with van der Waals surface area (Å²) in [7, 11) is 0. The van der Waals surface area contributed by atoms with Gasteiger partial charge in [0, 0.05) is 50.1 Å². The van der Waals surface area contributed by atoms with Gasteiger partial charge >= 0.3 is 0 Å². The molecule has 29 heavy (non-hydrogen) atoms. The van der Waals surface area contributed by atoms with Gasteiger partial charge in [-0.05, 0) is 54.3 Å². The molecule has 0 unspecified atom stereocenters. The van der Waals surface area contributed by atoms with Gasteiger partial charge in [0.25, 0.3) is 0 Å². The molecule has 4 aromatic rings. The number of pyridine rings is 1. The van der Waals surface area contributed by atoms with Crippen molar-refractivity contribution in [1.82, 2.24) is 19.4 Å². The molecule has 0 bridgehead atoms. The van der Waals surface area contributed by atoms with E-state index in [0.29, 0.717) is 0 Å². The summed E-state index contributed by atoms with van der Waals surface area (Å²) in [6, 6.07) is 23.7. The highest BCUT2D eigenvalue weighted by molar-refractivity contribution is 5.35. The van der Waals surface area contributed by atoms with Crippen molar-refractivity contribution in [1.29, 1.82) is 0 Å². The van der Waals surface area contributed by atoms with Crippen molar-refractivity contribution in [3.05, 3.63) is 114 Å². The third-order valence-corrected chi connectivity index (χ3v) is 5.16. The summed E-state index contributed by atoms with van der Waals surface area (Å²) in [5, 5.41) is 0. The van der Waals surface area contributed by atoms with Crippen molar-refractivity contribution in [2.75, 3.05) is 6.54 Å². The van der Waals surface area contributed by atoms with E-state index in [1.54, 1.807) is 0 Å². The predicted molar refractivity (Wildman–Crippen MR) is 117 cm³/mol. The molecular weight excluding hydrogens is 356 g/mol. The van der Waals surface area contributed by atoms with Gasteiger partial charge in [0.15, 0.2) is 0 Å². The van der Waals surface area contributed by atoms with Crippen LogP contribution in [0.1, 0.15) is 22.5 Å². The average molecular weight is 383 g/mol. The molecule has 0 saturated carbocycles. The first-order valence-corrected chi connectivity index (χ1v) is 10.0. The smallest absolute Gasteiger partial charge is 0.110 e. The zero-order chi connectivity index (χ0) is 19.9. The maximum atomic E-state index is 4.31. The van der Waals surface area contributed by atoms with E-state index >= 15 is 0 Å². The quantitative estimate of drug-likeness (QED) is 0.438. The first kappa shape index (κ1) is 19.1. The molecule has 0 atom stereocenters. The van der Waals surface area contributed by atoms with Crippen molar-refractivity contribution in [3.8, 4) is 5.69 Å². The first-order valence-electron chi connectivity index (χ1n) is 10.0. The molecule has 2 aromatic carbocycles. The normalized spacial score (nSPS) is 11.1. The minimum absolute atomic E-state index is 0.914. The maximum Gasteiger partial charge on any atom is 0.110 e. The van der Waals surface area contributed by atoms with E-state index in [9.17, 15) is 0 Å². The monoisotopic (exact) mass is 382 g/mol. The lowest BCUT2D eigenvalue weighted by molar-refractivity contribution is 0.260. The number of nitrogens with zero attached hydrogens (tertiary/aromatic N) is 4. The molecule has 0 aliphatic heterocycles. The number of imidazole rings is 1. The van der Waals surface area contributed by atoms with Crippen LogP contribution >= 0.6 is 0 Å². The molecular formula is C25H26N4. The van der Waals surface area contributed by atoms with E-state index < -0.39 is 0 Å². The van der Waals surface area contributed by atoms with E-state index in [2.05, 4.69) is 86.2 Å². The minimum Gasteiger partial charge on any atom is -0.304 e. The van der Waals surface area contributed by atoms with Crippen LogP contribution in [0, 0.1) is 6.92 Å². The molecule has 0 aliphatic rings. The Morgan fingerprint density at radius 3 is 2.10 bits per heavy atom. The second kappa shape index (κ2) is 9.30. The lowest BCUT2D eigenvalue weighted by Gasteiger charge is -2.23. The zero-order valence-electron chi connectivity index (χ0n) is 16.8. The number of hydrogen-bond donors (Lipinski definition) is 0. The molecule has 146 valence electrons. The molecule has 2 aromatic heterocycles. The van der Waals surface area contributed by atoms with E-state index in [1.165, 1.54) is 16.7 Å². The average Bonchev–Trinajstić information content (AvgIpc) is 3.20. The van der Waals surface area contributed by atoms with E-state index in [1.807, 2.05) is 31.7 Å². The van der Waals surface area contributed by atoms with Gasteiger partial charge in [-0.15, -0.1) is 0 Å². The molecule has 0 saturated heterocycles. The number of hydrogen-bond acceptors (Lipinski definition) is 3. The van der Waals surface area contributed by atoms with Crippen molar-refractivity contribution < 1.29 is 0 Å². The van der Waals surface area contributed by atoms with E-state index in [4.69, 9.17) is 0 Å². The third kappa shape index (κ3) is 5.18. The third-order valence-electron chi connectivity index (χ3n) is 5.16. The van der Waals surface area contributed by atoms with Crippen LogP contribution in [0.15, 0.2) is 91.5 Å². The van der Waals surface area contributed by atoms with E-state index in [-0.39, 0.29) is 0 Å². The fraction of sp³-hybridized carbons (Fsp3) is 0.200. The van der Waals surface area contributed by atoms with Crippen LogP contribution in [0.5, 0.6) is 0 Å².